The van der Waals surface area contributed by atoms with Crippen molar-refractivity contribution in [2.75, 3.05) is 26.7 Å². The molecule has 1 saturated heterocycles. The molecule has 124 valence electrons. The van der Waals surface area contributed by atoms with Crippen LogP contribution in [-0.4, -0.2) is 54.3 Å². The molecule has 0 saturated carbocycles. The number of carbonyl (C=O) groups is 2. The molecule has 0 radical (unpaired) electrons. The van der Waals surface area contributed by atoms with E-state index in [1.165, 1.54) is 16.2 Å². The number of thiophene rings is 1. The third-order valence-corrected chi connectivity index (χ3v) is 4.97. The monoisotopic (exact) mass is 345 g/mol. The van der Waals surface area contributed by atoms with Crippen LogP contribution in [0.5, 0.6) is 0 Å². The Bertz CT molecular complexity index is 519. The molecule has 2 heterocycles. The van der Waals surface area contributed by atoms with Gasteiger partial charge >= 0.3 is 0 Å². The average molecular weight is 346 g/mol. The Labute approximate surface area is 141 Å². The molecule has 0 bridgehead atoms. The summed E-state index contributed by atoms with van der Waals surface area (Å²) >= 11 is 1.39. The van der Waals surface area contributed by atoms with Crippen molar-refractivity contribution >= 4 is 35.6 Å². The summed E-state index contributed by atoms with van der Waals surface area (Å²) in [6.07, 6.45) is 0.807. The maximum absolute atomic E-state index is 12.4. The molecule has 1 aliphatic rings. The van der Waals surface area contributed by atoms with Crippen LogP contribution in [0.1, 0.15) is 29.9 Å². The predicted octanol–water partition coefficient (Wildman–Crippen LogP) is 1.83. The van der Waals surface area contributed by atoms with Crippen LogP contribution in [0.2, 0.25) is 0 Å². The number of likely N-dealkylation sites (tertiary alicyclic amines) is 1. The van der Waals surface area contributed by atoms with Gasteiger partial charge < -0.3 is 15.5 Å². The Hall–Kier alpha value is -1.11. The van der Waals surface area contributed by atoms with Gasteiger partial charge in [0.1, 0.15) is 0 Å². The fraction of sp³-hybridized carbons (Fsp3) is 0.600. The number of nitrogens with two attached hydrogens (primary N) is 1. The van der Waals surface area contributed by atoms with Gasteiger partial charge in [-0.3, -0.25) is 9.59 Å². The van der Waals surface area contributed by atoms with Gasteiger partial charge in [-0.25, -0.2) is 0 Å². The van der Waals surface area contributed by atoms with Crippen LogP contribution in [-0.2, 0) is 4.79 Å². The molecule has 1 fully saturated rings. The van der Waals surface area contributed by atoms with Crippen molar-refractivity contribution in [2.45, 2.75) is 26.3 Å². The first-order valence-corrected chi connectivity index (χ1v) is 8.01. The molecule has 0 aromatic carbocycles. The Morgan fingerprint density at radius 3 is 2.73 bits per heavy atom. The van der Waals surface area contributed by atoms with E-state index in [4.69, 9.17) is 5.73 Å². The predicted molar refractivity (Wildman–Crippen MR) is 91.5 cm³/mol. The molecule has 1 aliphatic heterocycles. The second kappa shape index (κ2) is 7.44. The number of halogens is 1. The van der Waals surface area contributed by atoms with E-state index >= 15 is 0 Å². The summed E-state index contributed by atoms with van der Waals surface area (Å²) < 4.78 is 0. The second-order valence-electron chi connectivity index (χ2n) is 6.34. The summed E-state index contributed by atoms with van der Waals surface area (Å²) in [5.41, 5.74) is 6.01. The van der Waals surface area contributed by atoms with Gasteiger partial charge in [0.2, 0.25) is 5.91 Å². The minimum atomic E-state index is -0.105. The molecule has 7 heteroatoms. The molecular formula is C15H24ClN3O2S. The number of carbonyl (C=O) groups excluding carboxylic acids is 2. The van der Waals surface area contributed by atoms with Gasteiger partial charge in [-0.1, -0.05) is 19.9 Å². The van der Waals surface area contributed by atoms with Gasteiger partial charge in [0.25, 0.3) is 5.91 Å². The maximum Gasteiger partial charge on any atom is 0.264 e. The van der Waals surface area contributed by atoms with Crippen LogP contribution in [0.3, 0.4) is 0 Å². The molecule has 1 unspecified atom stereocenters. The minimum Gasteiger partial charge on any atom is -0.341 e. The highest BCUT2D eigenvalue weighted by Gasteiger charge is 2.35. The van der Waals surface area contributed by atoms with E-state index in [1.54, 1.807) is 13.1 Å². The molecule has 22 heavy (non-hydrogen) atoms. The quantitative estimate of drug-likeness (QED) is 0.908. The Morgan fingerprint density at radius 2 is 2.18 bits per heavy atom. The highest BCUT2D eigenvalue weighted by atomic mass is 35.5. The molecule has 2 N–H and O–H groups in total. The fourth-order valence-electron chi connectivity index (χ4n) is 2.55. The van der Waals surface area contributed by atoms with Crippen molar-refractivity contribution in [3.63, 3.8) is 0 Å². The normalized spacial score (nSPS) is 20.2. The van der Waals surface area contributed by atoms with Crippen LogP contribution in [0.25, 0.3) is 0 Å². The van der Waals surface area contributed by atoms with Crippen LogP contribution in [0.15, 0.2) is 17.5 Å². The highest BCUT2D eigenvalue weighted by molar-refractivity contribution is 7.12. The van der Waals surface area contributed by atoms with E-state index in [0.29, 0.717) is 18.0 Å². The fourth-order valence-corrected chi connectivity index (χ4v) is 3.27. The Kier molecular flexibility index (Phi) is 6.40. The van der Waals surface area contributed by atoms with E-state index < -0.39 is 0 Å². The van der Waals surface area contributed by atoms with Crippen LogP contribution in [0.4, 0.5) is 0 Å². The Balaban J connectivity index is 0.00000242. The standard InChI is InChI=1S/C15H23N3O2S.ClH/c1-15(2)10-18(7-6-12(15)16)13(19)9-17(3)14(20)11-5-4-8-21-11;/h4-5,8,12H,6-7,9-10,16H2,1-3H3;1H. The summed E-state index contributed by atoms with van der Waals surface area (Å²) in [5.74, 6) is -0.117. The summed E-state index contributed by atoms with van der Waals surface area (Å²) in [6.45, 7) is 5.59. The second-order valence-corrected chi connectivity index (χ2v) is 7.29. The molecule has 0 spiro atoms. The first-order chi connectivity index (χ1) is 9.81. The molecular weight excluding hydrogens is 322 g/mol. The van der Waals surface area contributed by atoms with Gasteiger partial charge in [-0.2, -0.15) is 0 Å². The zero-order chi connectivity index (χ0) is 15.6. The maximum atomic E-state index is 12.4. The average Bonchev–Trinajstić information content (AvgIpc) is 2.94. The van der Waals surface area contributed by atoms with Crippen LogP contribution >= 0.6 is 23.7 Å². The van der Waals surface area contributed by atoms with Crippen molar-refractivity contribution in [2.24, 2.45) is 11.1 Å². The summed E-state index contributed by atoms with van der Waals surface area (Å²) in [5, 5.41) is 1.86. The number of nitrogens with zero attached hydrogens (tertiary/aromatic N) is 2. The molecule has 1 aromatic heterocycles. The lowest BCUT2D eigenvalue weighted by Crippen LogP contribution is -2.55. The number of amides is 2. The van der Waals surface area contributed by atoms with Gasteiger partial charge in [0.15, 0.2) is 0 Å². The lowest BCUT2D eigenvalue weighted by molar-refractivity contribution is -0.135. The third-order valence-electron chi connectivity index (χ3n) is 4.12. The lowest BCUT2D eigenvalue weighted by Gasteiger charge is -2.43. The first-order valence-electron chi connectivity index (χ1n) is 7.13. The van der Waals surface area contributed by atoms with E-state index in [1.807, 2.05) is 16.3 Å². The first kappa shape index (κ1) is 18.9. The molecule has 1 aromatic rings. The van der Waals surface area contributed by atoms with Crippen LogP contribution in [0, 0.1) is 5.41 Å². The van der Waals surface area contributed by atoms with E-state index in [2.05, 4.69) is 13.8 Å². The van der Waals surface area contributed by atoms with Crippen molar-refractivity contribution < 1.29 is 9.59 Å². The zero-order valence-electron chi connectivity index (χ0n) is 13.2. The van der Waals surface area contributed by atoms with Gasteiger partial charge in [-0.05, 0) is 23.3 Å². The van der Waals surface area contributed by atoms with Crippen molar-refractivity contribution in [3.8, 4) is 0 Å². The van der Waals surface area contributed by atoms with E-state index in [-0.39, 0.29) is 42.2 Å². The largest absolute Gasteiger partial charge is 0.341 e. The molecule has 2 rings (SSSR count). The Morgan fingerprint density at radius 1 is 1.50 bits per heavy atom. The number of likely N-dealkylation sites (N-methyl/N-ethyl adjacent to an activating group) is 1. The van der Waals surface area contributed by atoms with E-state index in [0.717, 1.165) is 6.42 Å². The van der Waals surface area contributed by atoms with E-state index in [9.17, 15) is 9.59 Å². The molecule has 5 nitrogen and oxygen atoms in total. The van der Waals surface area contributed by atoms with Gasteiger partial charge in [0.05, 0.1) is 11.4 Å². The zero-order valence-corrected chi connectivity index (χ0v) is 14.9. The molecule has 2 amide bonds. The summed E-state index contributed by atoms with van der Waals surface area (Å²) in [4.78, 5) is 28.5. The number of hydrogen-bond acceptors (Lipinski definition) is 4. The topological polar surface area (TPSA) is 66.6 Å². The smallest absolute Gasteiger partial charge is 0.264 e. The minimum absolute atomic E-state index is 0. The van der Waals surface area contributed by atoms with Crippen molar-refractivity contribution in [1.29, 1.82) is 0 Å². The molecule has 0 aliphatic carbocycles. The highest BCUT2D eigenvalue weighted by Crippen LogP contribution is 2.27. The SMILES string of the molecule is CN(CC(=O)N1CCC(N)C(C)(C)C1)C(=O)c1cccs1.Cl. The summed E-state index contributed by atoms with van der Waals surface area (Å²) in [6, 6.07) is 3.73. The van der Waals surface area contributed by atoms with Crippen LogP contribution < -0.4 is 5.73 Å². The number of piperidine rings is 1. The van der Waals surface area contributed by atoms with Crippen molar-refractivity contribution in [1.82, 2.24) is 9.80 Å². The van der Waals surface area contributed by atoms with Gasteiger partial charge in [-0.15, -0.1) is 23.7 Å². The van der Waals surface area contributed by atoms with Crippen molar-refractivity contribution in [3.05, 3.63) is 22.4 Å². The third kappa shape index (κ3) is 4.21. The van der Waals surface area contributed by atoms with Gasteiger partial charge in [0, 0.05) is 26.2 Å². The number of hydrogen-bond donors (Lipinski definition) is 1. The molecule has 1 atom stereocenters. The number of rotatable bonds is 3. The summed E-state index contributed by atoms with van der Waals surface area (Å²) in [7, 11) is 1.67. The lowest BCUT2D eigenvalue weighted by atomic mass is 9.79.